The van der Waals surface area contributed by atoms with Crippen LogP contribution in [0.4, 0.5) is 4.39 Å². The molecule has 3 rings (SSSR count). The smallest absolute Gasteiger partial charge is 0.138 e. The zero-order chi connectivity index (χ0) is 17.8. The minimum Gasteiger partial charge on any atom is -0.295 e. The minimum atomic E-state index is -0.348. The van der Waals surface area contributed by atoms with Gasteiger partial charge in [-0.2, -0.15) is 10.4 Å². The largest absolute Gasteiger partial charge is 0.295 e. The van der Waals surface area contributed by atoms with Crippen molar-refractivity contribution in [2.45, 2.75) is 19.5 Å². The maximum atomic E-state index is 14.1. The van der Waals surface area contributed by atoms with Crippen molar-refractivity contribution in [1.82, 2.24) is 19.7 Å². The molecule has 0 amide bonds. The van der Waals surface area contributed by atoms with Crippen LogP contribution in [-0.2, 0) is 6.54 Å². The Morgan fingerprint density at radius 2 is 2.00 bits per heavy atom. The lowest BCUT2D eigenvalue weighted by Crippen LogP contribution is -2.22. The van der Waals surface area contributed by atoms with E-state index in [-0.39, 0.29) is 11.9 Å². The standard InChI is InChI=1S/C19H18FN5/c1-14(16-5-7-18(8-6-16)25-13-22-12-23-25)24(2)11-17-4-3-15(10-21)9-19(17)20/h3-9,12-14H,11H2,1-2H3/t14-/m1/s1. The van der Waals surface area contributed by atoms with Crippen LogP contribution in [0.15, 0.2) is 55.1 Å². The van der Waals surface area contributed by atoms with Gasteiger partial charge in [-0.1, -0.05) is 18.2 Å². The topological polar surface area (TPSA) is 57.7 Å². The predicted octanol–water partition coefficient (Wildman–Crippen LogP) is 3.47. The molecule has 0 saturated carbocycles. The number of benzene rings is 2. The molecule has 126 valence electrons. The van der Waals surface area contributed by atoms with Crippen LogP contribution in [0.25, 0.3) is 5.69 Å². The maximum absolute atomic E-state index is 14.1. The van der Waals surface area contributed by atoms with E-state index >= 15 is 0 Å². The lowest BCUT2D eigenvalue weighted by Gasteiger charge is -2.25. The number of rotatable bonds is 5. The van der Waals surface area contributed by atoms with Crippen molar-refractivity contribution in [2.24, 2.45) is 0 Å². The Labute approximate surface area is 146 Å². The molecule has 0 aliphatic carbocycles. The second kappa shape index (κ2) is 7.24. The van der Waals surface area contributed by atoms with Gasteiger partial charge >= 0.3 is 0 Å². The Morgan fingerprint density at radius 3 is 2.60 bits per heavy atom. The van der Waals surface area contributed by atoms with E-state index in [0.717, 1.165) is 11.3 Å². The van der Waals surface area contributed by atoms with Gasteiger partial charge in [0, 0.05) is 18.2 Å². The molecule has 3 aromatic rings. The first-order valence-corrected chi connectivity index (χ1v) is 7.92. The number of hydrogen-bond donors (Lipinski definition) is 0. The Hall–Kier alpha value is -3.04. The van der Waals surface area contributed by atoms with Gasteiger partial charge in [0.2, 0.25) is 0 Å². The van der Waals surface area contributed by atoms with Gasteiger partial charge in [-0.25, -0.2) is 14.1 Å². The quantitative estimate of drug-likeness (QED) is 0.716. The normalized spacial score (nSPS) is 12.1. The van der Waals surface area contributed by atoms with Crippen molar-refractivity contribution < 1.29 is 4.39 Å². The molecule has 0 fully saturated rings. The van der Waals surface area contributed by atoms with Gasteiger partial charge < -0.3 is 0 Å². The second-order valence-electron chi connectivity index (χ2n) is 5.94. The molecule has 0 radical (unpaired) electrons. The Kier molecular flexibility index (Phi) is 4.87. The molecule has 25 heavy (non-hydrogen) atoms. The molecule has 5 nitrogen and oxygen atoms in total. The first kappa shape index (κ1) is 16.8. The van der Waals surface area contributed by atoms with Gasteiger partial charge in [0.15, 0.2) is 0 Å². The summed E-state index contributed by atoms with van der Waals surface area (Å²) in [7, 11) is 1.95. The van der Waals surface area contributed by atoms with Crippen LogP contribution < -0.4 is 0 Å². The molecule has 0 aliphatic rings. The van der Waals surface area contributed by atoms with Crippen molar-refractivity contribution in [1.29, 1.82) is 5.26 Å². The van der Waals surface area contributed by atoms with Gasteiger partial charge in [0.05, 0.1) is 17.3 Å². The highest BCUT2D eigenvalue weighted by molar-refractivity contribution is 5.35. The third kappa shape index (κ3) is 3.73. The number of nitriles is 1. The highest BCUT2D eigenvalue weighted by Crippen LogP contribution is 2.23. The van der Waals surface area contributed by atoms with E-state index in [9.17, 15) is 4.39 Å². The molecule has 1 heterocycles. The van der Waals surface area contributed by atoms with Crippen LogP contribution in [0.2, 0.25) is 0 Å². The number of hydrogen-bond acceptors (Lipinski definition) is 4. The molecule has 0 unspecified atom stereocenters. The van der Waals surface area contributed by atoms with E-state index in [1.54, 1.807) is 23.1 Å². The molecular formula is C19H18FN5. The lowest BCUT2D eigenvalue weighted by atomic mass is 10.1. The lowest BCUT2D eigenvalue weighted by molar-refractivity contribution is 0.249. The third-order valence-corrected chi connectivity index (χ3v) is 4.32. The van der Waals surface area contributed by atoms with Crippen molar-refractivity contribution in [3.63, 3.8) is 0 Å². The fourth-order valence-corrected chi connectivity index (χ4v) is 2.65. The average Bonchev–Trinajstić information content (AvgIpc) is 3.17. The summed E-state index contributed by atoms with van der Waals surface area (Å²) >= 11 is 0. The monoisotopic (exact) mass is 335 g/mol. The summed E-state index contributed by atoms with van der Waals surface area (Å²) in [6.45, 7) is 2.54. The maximum Gasteiger partial charge on any atom is 0.138 e. The Bertz CT molecular complexity index is 881. The SMILES string of the molecule is C[C@H](c1ccc(-n2cncn2)cc1)N(C)Cc1ccc(C#N)cc1F. The second-order valence-corrected chi connectivity index (χ2v) is 5.94. The van der Waals surface area contributed by atoms with Crippen molar-refractivity contribution in [3.8, 4) is 11.8 Å². The summed E-state index contributed by atoms with van der Waals surface area (Å²) in [5, 5.41) is 12.9. The van der Waals surface area contributed by atoms with Crippen LogP contribution in [0.3, 0.4) is 0 Å². The van der Waals surface area contributed by atoms with Gasteiger partial charge in [0.25, 0.3) is 0 Å². The summed E-state index contributed by atoms with van der Waals surface area (Å²) in [4.78, 5) is 6.00. The molecule has 0 aliphatic heterocycles. The van der Waals surface area contributed by atoms with Crippen molar-refractivity contribution in [2.75, 3.05) is 7.05 Å². The van der Waals surface area contributed by atoms with Crippen molar-refractivity contribution in [3.05, 3.63) is 77.6 Å². The van der Waals surface area contributed by atoms with Crippen LogP contribution in [0, 0.1) is 17.1 Å². The zero-order valence-corrected chi connectivity index (χ0v) is 14.1. The van der Waals surface area contributed by atoms with E-state index in [1.165, 1.54) is 12.4 Å². The van der Waals surface area contributed by atoms with Crippen LogP contribution >= 0.6 is 0 Å². The molecule has 1 aromatic heterocycles. The van der Waals surface area contributed by atoms with Gasteiger partial charge in [-0.3, -0.25) is 4.90 Å². The van der Waals surface area contributed by atoms with E-state index < -0.39 is 0 Å². The summed E-state index contributed by atoms with van der Waals surface area (Å²) in [5.74, 6) is -0.348. The predicted molar refractivity (Wildman–Crippen MR) is 92.4 cm³/mol. The highest BCUT2D eigenvalue weighted by Gasteiger charge is 2.14. The zero-order valence-electron chi connectivity index (χ0n) is 14.1. The minimum absolute atomic E-state index is 0.111. The first-order valence-electron chi connectivity index (χ1n) is 7.92. The van der Waals surface area contributed by atoms with Crippen LogP contribution in [0.5, 0.6) is 0 Å². The average molecular weight is 335 g/mol. The van der Waals surface area contributed by atoms with Gasteiger partial charge in [0.1, 0.15) is 18.5 Å². The molecular weight excluding hydrogens is 317 g/mol. The van der Waals surface area contributed by atoms with E-state index in [0.29, 0.717) is 17.7 Å². The number of nitrogens with zero attached hydrogens (tertiary/aromatic N) is 5. The van der Waals surface area contributed by atoms with E-state index in [2.05, 4.69) is 21.9 Å². The number of aromatic nitrogens is 3. The van der Waals surface area contributed by atoms with Gasteiger partial charge in [-0.15, -0.1) is 0 Å². The summed E-state index contributed by atoms with van der Waals surface area (Å²) in [5.41, 5.74) is 2.97. The summed E-state index contributed by atoms with van der Waals surface area (Å²) < 4.78 is 15.8. The van der Waals surface area contributed by atoms with Crippen LogP contribution in [-0.4, -0.2) is 26.7 Å². The molecule has 0 N–H and O–H groups in total. The summed E-state index contributed by atoms with van der Waals surface area (Å²) in [6.07, 6.45) is 3.15. The summed E-state index contributed by atoms with van der Waals surface area (Å²) in [6, 6.07) is 14.7. The first-order chi connectivity index (χ1) is 12.1. The molecule has 0 bridgehead atoms. The van der Waals surface area contributed by atoms with Crippen LogP contribution in [0.1, 0.15) is 29.7 Å². The fourth-order valence-electron chi connectivity index (χ4n) is 2.65. The third-order valence-electron chi connectivity index (χ3n) is 4.32. The molecule has 2 aromatic carbocycles. The Balaban J connectivity index is 1.72. The molecule has 1 atom stereocenters. The van der Waals surface area contributed by atoms with Crippen molar-refractivity contribution >= 4 is 0 Å². The van der Waals surface area contributed by atoms with E-state index in [1.807, 2.05) is 37.4 Å². The Morgan fingerprint density at radius 1 is 1.24 bits per heavy atom. The number of halogens is 1. The van der Waals surface area contributed by atoms with Gasteiger partial charge in [-0.05, 0) is 43.8 Å². The fraction of sp³-hybridized carbons (Fsp3) is 0.211. The van der Waals surface area contributed by atoms with E-state index in [4.69, 9.17) is 5.26 Å². The molecule has 0 spiro atoms. The molecule has 0 saturated heterocycles. The highest BCUT2D eigenvalue weighted by atomic mass is 19.1. The molecule has 6 heteroatoms.